The number of rotatable bonds is 3. The van der Waals surface area contributed by atoms with Crippen LogP contribution in [-0.4, -0.2) is 9.91 Å². The molecule has 1 aromatic carbocycles. The highest BCUT2D eigenvalue weighted by Gasteiger charge is 2.18. The van der Waals surface area contributed by atoms with Crippen LogP contribution >= 0.6 is 27.5 Å². The molecule has 1 aromatic heterocycles. The van der Waals surface area contributed by atoms with E-state index < -0.39 is 4.92 Å². The molecule has 0 aliphatic rings. The molecule has 0 spiro atoms. The molecule has 2 rings (SSSR count). The average molecular weight is 355 g/mol. The lowest BCUT2D eigenvalue weighted by molar-refractivity contribution is -0.385. The van der Waals surface area contributed by atoms with Crippen LogP contribution in [0, 0.1) is 21.4 Å². The molecule has 0 aliphatic carbocycles. The Balaban J connectivity index is 2.43. The van der Waals surface area contributed by atoms with Gasteiger partial charge in [0, 0.05) is 12.3 Å². The smallest absolute Gasteiger partial charge is 0.312 e. The monoisotopic (exact) mass is 353 g/mol. The predicted molar refractivity (Wildman–Crippen MR) is 74.8 cm³/mol. The quantitative estimate of drug-likeness (QED) is 0.612. The van der Waals surface area contributed by atoms with Crippen LogP contribution in [0.15, 0.2) is 34.9 Å². The summed E-state index contributed by atoms with van der Waals surface area (Å²) in [7, 11) is 0. The molecular formula is C12H5BrClN3O3. The Morgan fingerprint density at radius 3 is 2.80 bits per heavy atom. The third-order valence-corrected chi connectivity index (χ3v) is 3.04. The van der Waals surface area contributed by atoms with Crippen molar-refractivity contribution in [1.82, 2.24) is 4.98 Å². The van der Waals surface area contributed by atoms with Crippen molar-refractivity contribution in [2.75, 3.05) is 0 Å². The zero-order chi connectivity index (χ0) is 14.7. The maximum absolute atomic E-state index is 11.0. The Morgan fingerprint density at radius 2 is 2.20 bits per heavy atom. The molecule has 0 atom stereocenters. The lowest BCUT2D eigenvalue weighted by Crippen LogP contribution is -1.96. The molecule has 0 saturated carbocycles. The van der Waals surface area contributed by atoms with Crippen LogP contribution in [0.3, 0.4) is 0 Å². The number of nitro benzene ring substituents is 1. The van der Waals surface area contributed by atoms with Crippen molar-refractivity contribution in [2.45, 2.75) is 0 Å². The van der Waals surface area contributed by atoms with E-state index in [9.17, 15) is 10.1 Å². The SMILES string of the molecule is N#Cc1ccc(Oc2ncc(Cl)cc2Br)c([N+](=O)[O-])c1. The van der Waals surface area contributed by atoms with Crippen LogP contribution in [0.2, 0.25) is 5.02 Å². The molecule has 0 saturated heterocycles. The summed E-state index contributed by atoms with van der Waals surface area (Å²) >= 11 is 8.95. The van der Waals surface area contributed by atoms with E-state index in [1.54, 1.807) is 6.07 Å². The largest absolute Gasteiger partial charge is 0.431 e. The molecule has 0 amide bonds. The minimum Gasteiger partial charge on any atom is -0.431 e. The highest BCUT2D eigenvalue weighted by atomic mass is 79.9. The van der Waals surface area contributed by atoms with E-state index in [-0.39, 0.29) is 22.9 Å². The number of nitrogens with zero attached hydrogens (tertiary/aromatic N) is 3. The number of hydrogen-bond acceptors (Lipinski definition) is 5. The molecular weight excluding hydrogens is 350 g/mol. The number of aromatic nitrogens is 1. The Morgan fingerprint density at radius 1 is 1.45 bits per heavy atom. The molecule has 0 radical (unpaired) electrons. The van der Waals surface area contributed by atoms with Gasteiger partial charge in [0.25, 0.3) is 0 Å². The highest BCUT2D eigenvalue weighted by molar-refractivity contribution is 9.10. The maximum atomic E-state index is 11.0. The van der Waals surface area contributed by atoms with Gasteiger partial charge in [-0.2, -0.15) is 5.26 Å². The molecule has 2 aromatic rings. The van der Waals surface area contributed by atoms with Crippen molar-refractivity contribution < 1.29 is 9.66 Å². The van der Waals surface area contributed by atoms with Crippen molar-refractivity contribution in [3.63, 3.8) is 0 Å². The lowest BCUT2D eigenvalue weighted by atomic mass is 10.2. The molecule has 0 unspecified atom stereocenters. The number of hydrogen-bond donors (Lipinski definition) is 0. The van der Waals surface area contributed by atoms with Crippen LogP contribution in [0.25, 0.3) is 0 Å². The number of nitro groups is 1. The fourth-order valence-electron chi connectivity index (χ4n) is 1.40. The minimum absolute atomic E-state index is 0.00970. The van der Waals surface area contributed by atoms with Gasteiger partial charge < -0.3 is 4.74 Å². The molecule has 20 heavy (non-hydrogen) atoms. The van der Waals surface area contributed by atoms with Crippen molar-refractivity contribution in [3.05, 3.63) is 55.6 Å². The molecule has 0 fully saturated rings. The zero-order valence-corrected chi connectivity index (χ0v) is 12.1. The van der Waals surface area contributed by atoms with Gasteiger partial charge in [-0.3, -0.25) is 10.1 Å². The van der Waals surface area contributed by atoms with Crippen molar-refractivity contribution >= 4 is 33.2 Å². The standard InChI is InChI=1S/C12H5BrClN3O3/c13-9-4-8(14)6-16-12(9)20-11-2-1-7(5-15)3-10(11)17(18)19/h1-4,6H. The van der Waals surface area contributed by atoms with E-state index in [2.05, 4.69) is 20.9 Å². The normalized spacial score (nSPS) is 9.85. The van der Waals surface area contributed by atoms with Crippen LogP contribution in [0.5, 0.6) is 11.6 Å². The predicted octanol–water partition coefficient (Wildman–Crippen LogP) is 4.07. The lowest BCUT2D eigenvalue weighted by Gasteiger charge is -2.07. The second-order valence-electron chi connectivity index (χ2n) is 3.59. The van der Waals surface area contributed by atoms with E-state index in [1.807, 2.05) is 6.07 Å². The molecule has 0 N–H and O–H groups in total. The Hall–Kier alpha value is -2.17. The second-order valence-corrected chi connectivity index (χ2v) is 4.88. The van der Waals surface area contributed by atoms with Gasteiger partial charge in [-0.05, 0) is 34.1 Å². The van der Waals surface area contributed by atoms with Gasteiger partial charge in [0.2, 0.25) is 11.6 Å². The summed E-state index contributed by atoms with van der Waals surface area (Å²) < 4.78 is 5.85. The van der Waals surface area contributed by atoms with Crippen LogP contribution in [-0.2, 0) is 0 Å². The Labute approximate surface area is 126 Å². The molecule has 100 valence electrons. The van der Waals surface area contributed by atoms with Gasteiger partial charge in [-0.1, -0.05) is 11.6 Å². The minimum atomic E-state index is -0.625. The number of pyridine rings is 1. The zero-order valence-electron chi connectivity index (χ0n) is 9.71. The summed E-state index contributed by atoms with van der Waals surface area (Å²) in [5.41, 5.74) is -0.139. The second kappa shape index (κ2) is 5.86. The van der Waals surface area contributed by atoms with E-state index in [1.165, 1.54) is 18.3 Å². The first-order valence-electron chi connectivity index (χ1n) is 5.18. The van der Waals surface area contributed by atoms with Crippen LogP contribution in [0.1, 0.15) is 5.56 Å². The fourth-order valence-corrected chi connectivity index (χ4v) is 2.12. The topological polar surface area (TPSA) is 89.0 Å². The van der Waals surface area contributed by atoms with Gasteiger partial charge in [-0.25, -0.2) is 4.98 Å². The molecule has 0 aliphatic heterocycles. The van der Waals surface area contributed by atoms with Crippen molar-refractivity contribution in [1.29, 1.82) is 5.26 Å². The van der Waals surface area contributed by atoms with E-state index in [0.717, 1.165) is 6.07 Å². The molecule has 0 bridgehead atoms. The summed E-state index contributed by atoms with van der Waals surface area (Å²) in [6.45, 7) is 0. The summed E-state index contributed by atoms with van der Waals surface area (Å²) in [4.78, 5) is 14.3. The Bertz CT molecular complexity index is 730. The summed E-state index contributed by atoms with van der Waals surface area (Å²) in [5, 5.41) is 20.1. The van der Waals surface area contributed by atoms with E-state index in [4.69, 9.17) is 21.6 Å². The van der Waals surface area contributed by atoms with E-state index >= 15 is 0 Å². The number of nitriles is 1. The summed E-state index contributed by atoms with van der Waals surface area (Å²) in [5.74, 6) is 0.131. The summed E-state index contributed by atoms with van der Waals surface area (Å²) in [6.07, 6.45) is 1.36. The first-order valence-corrected chi connectivity index (χ1v) is 6.36. The van der Waals surface area contributed by atoms with Crippen LogP contribution in [0.4, 0.5) is 5.69 Å². The maximum Gasteiger partial charge on any atom is 0.312 e. The van der Waals surface area contributed by atoms with Gasteiger partial charge in [0.15, 0.2) is 0 Å². The third kappa shape index (κ3) is 3.04. The van der Waals surface area contributed by atoms with Crippen molar-refractivity contribution in [2.24, 2.45) is 0 Å². The number of ether oxygens (including phenoxy) is 1. The van der Waals surface area contributed by atoms with Crippen molar-refractivity contribution in [3.8, 4) is 17.7 Å². The number of benzene rings is 1. The van der Waals surface area contributed by atoms with Gasteiger partial charge in [0.05, 0.1) is 26.1 Å². The Kier molecular flexibility index (Phi) is 4.17. The highest BCUT2D eigenvalue weighted by Crippen LogP contribution is 2.34. The molecule has 6 nitrogen and oxygen atoms in total. The first-order chi connectivity index (χ1) is 9.51. The first kappa shape index (κ1) is 14.2. The third-order valence-electron chi connectivity index (χ3n) is 2.27. The summed E-state index contributed by atoms with van der Waals surface area (Å²) in [6, 6.07) is 7.29. The van der Waals surface area contributed by atoms with Gasteiger partial charge in [0.1, 0.15) is 0 Å². The molecule has 8 heteroatoms. The number of halogens is 2. The average Bonchev–Trinajstić information content (AvgIpc) is 2.42. The van der Waals surface area contributed by atoms with Crippen LogP contribution < -0.4 is 4.74 Å². The fraction of sp³-hybridized carbons (Fsp3) is 0. The van der Waals surface area contributed by atoms with Gasteiger partial charge >= 0.3 is 5.69 Å². The van der Waals surface area contributed by atoms with E-state index in [0.29, 0.717) is 9.50 Å². The van der Waals surface area contributed by atoms with Gasteiger partial charge in [-0.15, -0.1) is 0 Å². The molecule has 1 heterocycles.